The van der Waals surface area contributed by atoms with Gasteiger partial charge in [0.05, 0.1) is 18.1 Å². The monoisotopic (exact) mass is 596 g/mol. The number of nitrogens with zero attached hydrogens (tertiary/aromatic N) is 2. The zero-order chi connectivity index (χ0) is 30.6. The van der Waals surface area contributed by atoms with Gasteiger partial charge in [0.25, 0.3) is 0 Å². The van der Waals surface area contributed by atoms with Crippen molar-refractivity contribution in [2.75, 3.05) is 18.9 Å². The lowest BCUT2D eigenvalue weighted by Crippen LogP contribution is -2.46. The Bertz CT molecular complexity index is 1280. The second-order valence-electron chi connectivity index (χ2n) is 11.4. The molecule has 1 fully saturated rings. The van der Waals surface area contributed by atoms with E-state index in [2.05, 4.69) is 10.1 Å². The van der Waals surface area contributed by atoms with E-state index in [4.69, 9.17) is 24.3 Å². The molecule has 5 N–H and O–H groups in total. The van der Waals surface area contributed by atoms with Gasteiger partial charge in [-0.15, -0.1) is 0 Å². The number of carbonyl (C=O) groups excluding carboxylic acids is 1. The number of anilines is 1. The van der Waals surface area contributed by atoms with Crippen LogP contribution in [0.15, 0.2) is 47.4 Å². The smallest absolute Gasteiger partial charge is 0.459 e. The number of rotatable bonds is 12. The highest BCUT2D eigenvalue weighted by molar-refractivity contribution is 7.52. The van der Waals surface area contributed by atoms with Gasteiger partial charge in [0.2, 0.25) is 0 Å². The summed E-state index contributed by atoms with van der Waals surface area (Å²) >= 11 is 0. The average molecular weight is 597 g/mol. The molecule has 1 aromatic carbocycles. The normalized spacial score (nSPS) is 25.7. The molecule has 1 aliphatic rings. The highest BCUT2D eigenvalue weighted by atomic mass is 31.2. The Morgan fingerprint density at radius 3 is 2.54 bits per heavy atom. The SMILES string of the molecule is CC[C@H](C)[C@H](COC(=O)C(C)(C)C)NP(=O)(OC[C@H]1O[C@@H](n2ccc(N)nc2=O)[C@](C)(O)[C@@H]1O)Oc1ccccc1. The molecular formula is C27H41N4O9P. The van der Waals surface area contributed by atoms with Gasteiger partial charge in [-0.2, -0.15) is 4.98 Å². The van der Waals surface area contributed by atoms with Crippen LogP contribution >= 0.6 is 7.75 Å². The molecular weight excluding hydrogens is 555 g/mol. The van der Waals surface area contributed by atoms with E-state index in [0.717, 1.165) is 4.57 Å². The largest absolute Gasteiger partial charge is 0.464 e. The number of para-hydroxylation sites is 1. The molecule has 13 nitrogen and oxygen atoms in total. The van der Waals surface area contributed by atoms with E-state index in [1.165, 1.54) is 19.2 Å². The Labute approximate surface area is 239 Å². The maximum atomic E-state index is 14.1. The number of hydrogen-bond acceptors (Lipinski definition) is 11. The van der Waals surface area contributed by atoms with E-state index < -0.39 is 61.5 Å². The number of aliphatic hydroxyl groups excluding tert-OH is 1. The third kappa shape index (κ3) is 8.15. The van der Waals surface area contributed by atoms with Gasteiger partial charge >= 0.3 is 19.4 Å². The first-order valence-electron chi connectivity index (χ1n) is 13.4. The van der Waals surface area contributed by atoms with Crippen LogP contribution in [0.25, 0.3) is 0 Å². The molecule has 1 aliphatic heterocycles. The predicted octanol–water partition coefficient (Wildman–Crippen LogP) is 2.63. The number of benzene rings is 1. The molecule has 1 saturated heterocycles. The minimum Gasteiger partial charge on any atom is -0.464 e. The van der Waals surface area contributed by atoms with E-state index in [1.807, 2.05) is 13.8 Å². The van der Waals surface area contributed by atoms with Gasteiger partial charge in [0.15, 0.2) is 6.23 Å². The van der Waals surface area contributed by atoms with Crippen LogP contribution in [0.2, 0.25) is 0 Å². The summed E-state index contributed by atoms with van der Waals surface area (Å²) in [6.45, 7) is 9.75. The Hall–Kier alpha value is -2.80. The summed E-state index contributed by atoms with van der Waals surface area (Å²) in [6.07, 6.45) is -2.14. The summed E-state index contributed by atoms with van der Waals surface area (Å²) in [5.41, 5.74) is 2.11. The highest BCUT2D eigenvalue weighted by Crippen LogP contribution is 2.47. The fourth-order valence-electron chi connectivity index (χ4n) is 4.06. The minimum absolute atomic E-state index is 0.0153. The van der Waals surface area contributed by atoms with Crippen molar-refractivity contribution in [3.05, 3.63) is 53.1 Å². The fourth-order valence-corrected chi connectivity index (χ4v) is 5.72. The zero-order valence-corrected chi connectivity index (χ0v) is 25.1. The van der Waals surface area contributed by atoms with Gasteiger partial charge < -0.3 is 29.9 Å². The molecule has 0 saturated carbocycles. The summed E-state index contributed by atoms with van der Waals surface area (Å²) in [5, 5.41) is 24.8. The number of esters is 1. The van der Waals surface area contributed by atoms with Crippen LogP contribution in [-0.2, 0) is 23.4 Å². The van der Waals surface area contributed by atoms with Crippen LogP contribution in [-0.4, -0.2) is 62.8 Å². The predicted molar refractivity (Wildman–Crippen MR) is 151 cm³/mol. The molecule has 0 spiro atoms. The first-order chi connectivity index (χ1) is 19.1. The Morgan fingerprint density at radius 1 is 1.29 bits per heavy atom. The summed E-state index contributed by atoms with van der Waals surface area (Å²) in [5.74, 6) is -0.300. The first-order valence-corrected chi connectivity index (χ1v) is 15.0. The van der Waals surface area contributed by atoms with E-state index in [9.17, 15) is 24.4 Å². The molecule has 7 atom stereocenters. The van der Waals surface area contributed by atoms with Crippen molar-refractivity contribution in [2.24, 2.45) is 11.3 Å². The maximum Gasteiger partial charge on any atom is 0.459 e. The summed E-state index contributed by atoms with van der Waals surface area (Å²) in [7, 11) is -4.21. The van der Waals surface area contributed by atoms with Gasteiger partial charge in [-0.05, 0) is 51.8 Å². The van der Waals surface area contributed by atoms with Crippen molar-refractivity contribution < 1.29 is 38.1 Å². The van der Waals surface area contributed by atoms with E-state index in [1.54, 1.807) is 51.1 Å². The van der Waals surface area contributed by atoms with Crippen molar-refractivity contribution in [3.63, 3.8) is 0 Å². The van der Waals surface area contributed by atoms with Gasteiger partial charge in [-0.1, -0.05) is 38.5 Å². The molecule has 2 heterocycles. The highest BCUT2D eigenvalue weighted by Gasteiger charge is 2.54. The summed E-state index contributed by atoms with van der Waals surface area (Å²) in [6, 6.07) is 9.08. The molecule has 228 valence electrons. The van der Waals surface area contributed by atoms with Gasteiger partial charge in [-0.25, -0.2) is 14.4 Å². The lowest BCUT2D eigenvalue weighted by Gasteiger charge is -2.30. The van der Waals surface area contributed by atoms with Crippen molar-refractivity contribution in [1.82, 2.24) is 14.6 Å². The minimum atomic E-state index is -4.21. The van der Waals surface area contributed by atoms with Crippen LogP contribution < -0.4 is 21.0 Å². The Morgan fingerprint density at radius 2 is 1.95 bits per heavy atom. The number of ether oxygens (including phenoxy) is 2. The summed E-state index contributed by atoms with van der Waals surface area (Å²) in [4.78, 5) is 28.5. The van der Waals surface area contributed by atoms with Crippen molar-refractivity contribution >= 4 is 19.5 Å². The Balaban J connectivity index is 1.83. The number of nitrogens with two attached hydrogens (primary N) is 1. The van der Waals surface area contributed by atoms with Crippen molar-refractivity contribution in [2.45, 2.75) is 78.0 Å². The standard InChI is InChI=1S/C27H41N4O9P/c1-7-17(2)19(15-37-24(33)26(3,4)5)30-41(36,40-18-11-9-8-10-12-18)38-16-20-22(32)27(6,35)23(39-20)31-14-13-21(28)29-25(31)34/h8-14,17,19-20,22-23,32,35H,7,15-16H2,1-6H3,(H,30,36)(H2,28,29,34)/t17-,19-,20+,22+,23+,27+,41?/m0/s1. The zero-order valence-electron chi connectivity index (χ0n) is 24.2. The number of aliphatic hydroxyl groups is 2. The number of nitrogens with one attached hydrogen (secondary N) is 1. The van der Waals surface area contributed by atoms with Crippen molar-refractivity contribution in [3.8, 4) is 5.75 Å². The number of aromatic nitrogens is 2. The molecule has 1 aromatic heterocycles. The first kappa shape index (κ1) is 32.7. The van der Waals surface area contributed by atoms with Crippen LogP contribution in [0, 0.1) is 11.3 Å². The number of carbonyl (C=O) groups is 1. The van der Waals surface area contributed by atoms with Gasteiger partial charge in [0.1, 0.15) is 36.0 Å². The second kappa shape index (κ2) is 13.0. The number of hydrogen-bond donors (Lipinski definition) is 4. The second-order valence-corrected chi connectivity index (χ2v) is 13.1. The molecule has 0 aliphatic carbocycles. The molecule has 41 heavy (non-hydrogen) atoms. The quantitative estimate of drug-likeness (QED) is 0.208. The maximum absolute atomic E-state index is 14.1. The topological polar surface area (TPSA) is 184 Å². The van der Waals surface area contributed by atoms with E-state index >= 15 is 0 Å². The van der Waals surface area contributed by atoms with Gasteiger partial charge in [0, 0.05) is 6.20 Å². The summed E-state index contributed by atoms with van der Waals surface area (Å²) < 4.78 is 38.0. The molecule has 14 heteroatoms. The van der Waals surface area contributed by atoms with Crippen LogP contribution in [0.4, 0.5) is 5.82 Å². The van der Waals surface area contributed by atoms with E-state index in [0.29, 0.717) is 6.42 Å². The lowest BCUT2D eigenvalue weighted by molar-refractivity contribution is -0.154. The molecule has 0 radical (unpaired) electrons. The van der Waals surface area contributed by atoms with Crippen molar-refractivity contribution in [1.29, 1.82) is 0 Å². The van der Waals surface area contributed by atoms with Crippen LogP contribution in [0.5, 0.6) is 5.75 Å². The molecule has 2 aromatic rings. The molecule has 0 amide bonds. The molecule has 1 unspecified atom stereocenters. The van der Waals surface area contributed by atoms with Crippen LogP contribution in [0.3, 0.4) is 0 Å². The third-order valence-electron chi connectivity index (χ3n) is 6.90. The molecule has 0 bridgehead atoms. The number of nitrogen functional groups attached to an aromatic ring is 1. The van der Waals surface area contributed by atoms with Crippen LogP contribution in [0.1, 0.15) is 54.2 Å². The average Bonchev–Trinajstić information content (AvgIpc) is 3.12. The molecule has 3 rings (SSSR count). The Kier molecular flexibility index (Phi) is 10.4. The van der Waals surface area contributed by atoms with E-state index in [-0.39, 0.29) is 24.1 Å². The fraction of sp³-hybridized carbons (Fsp3) is 0.593. The lowest BCUT2D eigenvalue weighted by atomic mass is 9.96. The van der Waals surface area contributed by atoms with Gasteiger partial charge in [-0.3, -0.25) is 13.9 Å². The third-order valence-corrected chi connectivity index (χ3v) is 8.49.